The van der Waals surface area contributed by atoms with Crippen LogP contribution in [0.15, 0.2) is 24.7 Å². The van der Waals surface area contributed by atoms with Gasteiger partial charge in [-0.05, 0) is 6.07 Å². The fourth-order valence-electron chi connectivity index (χ4n) is 2.73. The Morgan fingerprint density at radius 1 is 1.32 bits per heavy atom. The van der Waals surface area contributed by atoms with Gasteiger partial charge in [-0.25, -0.2) is 14.4 Å². The number of fused-ring (bicyclic) bond motifs is 1. The highest BCUT2D eigenvalue weighted by Crippen LogP contribution is 2.30. The normalized spacial score (nSPS) is 12.9. The number of nitrogens with zero attached hydrogens (tertiary/aromatic N) is 3. The number of nitrogens with one attached hydrogen (secondary N) is 2. The van der Waals surface area contributed by atoms with Gasteiger partial charge in [-0.3, -0.25) is 9.18 Å². The van der Waals surface area contributed by atoms with Gasteiger partial charge in [0.25, 0.3) is 0 Å². The maximum Gasteiger partial charge on any atom is 0.305 e. The summed E-state index contributed by atoms with van der Waals surface area (Å²) >= 11 is 0. The first kappa shape index (κ1) is 19.6. The summed E-state index contributed by atoms with van der Waals surface area (Å²) in [6.45, 7) is 2.27. The number of aromatic amines is 1. The van der Waals surface area contributed by atoms with Crippen molar-refractivity contribution in [3.05, 3.63) is 36.4 Å². The van der Waals surface area contributed by atoms with Crippen molar-refractivity contribution in [2.75, 3.05) is 12.0 Å². The molecule has 0 spiro atoms. The predicted octanol–water partition coefficient (Wildman–Crippen LogP) is 3.55. The first-order valence-corrected chi connectivity index (χ1v) is 8.41. The number of H-pyrrole nitrogens is 1. The molecule has 0 bridgehead atoms. The molecule has 0 aliphatic heterocycles. The van der Waals surface area contributed by atoms with Crippen LogP contribution in [0.4, 0.5) is 18.9 Å². The number of carboxylic acids is 1. The van der Waals surface area contributed by atoms with Crippen LogP contribution < -0.4 is 5.32 Å². The van der Waals surface area contributed by atoms with E-state index in [0.29, 0.717) is 16.6 Å². The van der Waals surface area contributed by atoms with Crippen molar-refractivity contribution in [1.82, 2.24) is 19.9 Å². The van der Waals surface area contributed by atoms with Crippen LogP contribution in [0.1, 0.15) is 20.3 Å². The van der Waals surface area contributed by atoms with Crippen molar-refractivity contribution in [3.8, 4) is 11.4 Å². The molecule has 0 radical (unpaired) electrons. The summed E-state index contributed by atoms with van der Waals surface area (Å²) in [5.74, 6) is -2.64. The van der Waals surface area contributed by atoms with Crippen molar-refractivity contribution in [2.45, 2.75) is 26.3 Å². The number of halogens is 3. The third-order valence-corrected chi connectivity index (χ3v) is 4.48. The van der Waals surface area contributed by atoms with E-state index < -0.39 is 42.3 Å². The molecule has 3 rings (SSSR count). The average Bonchev–Trinajstić information content (AvgIpc) is 3.05. The zero-order chi connectivity index (χ0) is 20.5. The summed E-state index contributed by atoms with van der Waals surface area (Å²) in [5.41, 5.74) is -0.447. The number of hydrogen-bond donors (Lipinski definition) is 3. The molecule has 3 aromatic heterocycles. The second-order valence-corrected chi connectivity index (χ2v) is 7.07. The van der Waals surface area contributed by atoms with E-state index in [9.17, 15) is 18.0 Å². The summed E-state index contributed by atoms with van der Waals surface area (Å²) in [6, 6.07) is 0.346. The lowest BCUT2D eigenvalue weighted by Gasteiger charge is -2.32. The van der Waals surface area contributed by atoms with Crippen LogP contribution in [0.5, 0.6) is 0 Å². The summed E-state index contributed by atoms with van der Waals surface area (Å²) in [5, 5.41) is 12.1. The van der Waals surface area contributed by atoms with E-state index in [1.807, 2.05) is 0 Å². The predicted molar refractivity (Wildman–Crippen MR) is 96.5 cm³/mol. The maximum atomic E-state index is 14.6. The van der Waals surface area contributed by atoms with Gasteiger partial charge >= 0.3 is 5.97 Å². The van der Waals surface area contributed by atoms with Crippen molar-refractivity contribution in [2.24, 2.45) is 5.41 Å². The van der Waals surface area contributed by atoms with Gasteiger partial charge in [0.15, 0.2) is 5.82 Å². The molecule has 3 heterocycles. The summed E-state index contributed by atoms with van der Waals surface area (Å²) in [6.07, 6.45) is 3.27. The smallest absolute Gasteiger partial charge is 0.305 e. The Morgan fingerprint density at radius 2 is 2.07 bits per heavy atom. The molecule has 1 atom stereocenters. The van der Waals surface area contributed by atoms with Crippen LogP contribution in [-0.2, 0) is 4.79 Å². The number of carboxylic acid groups (broad SMARTS) is 1. The van der Waals surface area contributed by atoms with Gasteiger partial charge in [-0.2, -0.15) is 9.37 Å². The van der Waals surface area contributed by atoms with Crippen LogP contribution in [0.25, 0.3) is 22.4 Å². The van der Waals surface area contributed by atoms with Gasteiger partial charge in [-0.15, -0.1) is 0 Å². The highest BCUT2D eigenvalue weighted by Gasteiger charge is 2.32. The molecule has 0 saturated carbocycles. The number of alkyl halides is 1. The zero-order valence-corrected chi connectivity index (χ0v) is 15.1. The van der Waals surface area contributed by atoms with E-state index in [1.165, 1.54) is 26.1 Å². The Kier molecular flexibility index (Phi) is 5.21. The zero-order valence-electron chi connectivity index (χ0n) is 15.1. The van der Waals surface area contributed by atoms with Crippen molar-refractivity contribution in [3.63, 3.8) is 0 Å². The molecule has 1 unspecified atom stereocenters. The largest absolute Gasteiger partial charge is 0.481 e. The Bertz CT molecular complexity index is 1020. The number of carbonyl (C=O) groups is 1. The van der Waals surface area contributed by atoms with Gasteiger partial charge in [0.05, 0.1) is 25.5 Å². The highest BCUT2D eigenvalue weighted by molar-refractivity contribution is 5.91. The minimum absolute atomic E-state index is 0.00114. The molecule has 0 aromatic carbocycles. The maximum absolute atomic E-state index is 14.6. The minimum Gasteiger partial charge on any atom is -0.481 e. The molecule has 148 valence electrons. The van der Waals surface area contributed by atoms with Crippen molar-refractivity contribution in [1.29, 1.82) is 0 Å². The number of aliphatic carboxylic acids is 1. The summed E-state index contributed by atoms with van der Waals surface area (Å²) < 4.78 is 41.3. The van der Waals surface area contributed by atoms with E-state index in [4.69, 9.17) is 5.11 Å². The van der Waals surface area contributed by atoms with Crippen LogP contribution in [-0.4, -0.2) is 43.7 Å². The molecule has 0 aliphatic rings. The molecule has 0 aliphatic carbocycles. The van der Waals surface area contributed by atoms with Gasteiger partial charge < -0.3 is 15.4 Å². The SMILES string of the molecule is CC(C)(CF)C(CC(=O)O)Nc1cnc(-c2c[nH]c3ncc(F)cc23)nc1F. The molecular weight excluding hydrogens is 375 g/mol. The van der Waals surface area contributed by atoms with E-state index in [2.05, 4.69) is 25.3 Å². The van der Waals surface area contributed by atoms with Crippen LogP contribution >= 0.6 is 0 Å². The summed E-state index contributed by atoms with van der Waals surface area (Å²) in [7, 11) is 0. The van der Waals surface area contributed by atoms with Gasteiger partial charge in [-0.1, -0.05) is 13.8 Å². The third kappa shape index (κ3) is 3.90. The molecule has 10 heteroatoms. The van der Waals surface area contributed by atoms with Gasteiger partial charge in [0, 0.05) is 28.6 Å². The van der Waals surface area contributed by atoms with E-state index in [-0.39, 0.29) is 11.5 Å². The number of pyridine rings is 1. The third-order valence-electron chi connectivity index (χ3n) is 4.48. The highest BCUT2D eigenvalue weighted by atomic mass is 19.1. The van der Waals surface area contributed by atoms with Gasteiger partial charge in [0.2, 0.25) is 5.95 Å². The fraction of sp³-hybridized carbons (Fsp3) is 0.333. The van der Waals surface area contributed by atoms with Crippen LogP contribution in [0.3, 0.4) is 0 Å². The Balaban J connectivity index is 1.93. The molecule has 7 nitrogen and oxygen atoms in total. The second-order valence-electron chi connectivity index (χ2n) is 7.07. The van der Waals surface area contributed by atoms with Crippen LogP contribution in [0.2, 0.25) is 0 Å². The van der Waals surface area contributed by atoms with Crippen LogP contribution in [0, 0.1) is 17.2 Å². The molecule has 0 saturated heterocycles. The molecule has 3 aromatic rings. The molecule has 28 heavy (non-hydrogen) atoms. The fourth-order valence-corrected chi connectivity index (χ4v) is 2.73. The molecule has 3 N–H and O–H groups in total. The lowest BCUT2D eigenvalue weighted by Crippen LogP contribution is -2.40. The number of hydrogen-bond acceptors (Lipinski definition) is 5. The lowest BCUT2D eigenvalue weighted by atomic mass is 9.83. The molecule has 0 fully saturated rings. The second kappa shape index (κ2) is 7.45. The van der Waals surface area contributed by atoms with Crippen molar-refractivity contribution >= 4 is 22.7 Å². The standard InChI is InChI=1S/C18H18F3N5O2/c1-18(2,8-19)13(4-14(27)28)25-12-7-24-17(26-15(12)21)11-6-23-16-10(11)3-9(20)5-22-16/h3,5-7,13,25H,4,8H2,1-2H3,(H,22,23)(H,27,28). The lowest BCUT2D eigenvalue weighted by molar-refractivity contribution is -0.137. The first-order chi connectivity index (χ1) is 13.2. The number of anilines is 1. The topological polar surface area (TPSA) is 104 Å². The molecule has 0 amide bonds. The van der Waals surface area contributed by atoms with E-state index >= 15 is 0 Å². The Labute approximate surface area is 158 Å². The summed E-state index contributed by atoms with van der Waals surface area (Å²) in [4.78, 5) is 25.7. The van der Waals surface area contributed by atoms with Crippen molar-refractivity contribution < 1.29 is 23.1 Å². The number of rotatable bonds is 7. The Hall–Kier alpha value is -3.17. The monoisotopic (exact) mass is 393 g/mol. The number of aromatic nitrogens is 4. The van der Waals surface area contributed by atoms with Gasteiger partial charge in [0.1, 0.15) is 17.2 Å². The Morgan fingerprint density at radius 3 is 2.71 bits per heavy atom. The average molecular weight is 393 g/mol. The molecular formula is C18H18F3N5O2. The van der Waals surface area contributed by atoms with E-state index in [0.717, 1.165) is 12.4 Å². The quantitative estimate of drug-likeness (QED) is 0.531. The van der Waals surface area contributed by atoms with E-state index in [1.54, 1.807) is 0 Å². The first-order valence-electron chi connectivity index (χ1n) is 8.41. The minimum atomic E-state index is -1.15.